The molecule has 4 nitrogen and oxygen atoms in total. The van der Waals surface area contributed by atoms with E-state index in [1.54, 1.807) is 0 Å². The lowest BCUT2D eigenvalue weighted by atomic mass is 10.1. The van der Waals surface area contributed by atoms with E-state index in [-0.39, 0.29) is 5.97 Å². The molecule has 0 saturated heterocycles. The molecule has 1 heterocycles. The van der Waals surface area contributed by atoms with Gasteiger partial charge < -0.3 is 15.8 Å². The summed E-state index contributed by atoms with van der Waals surface area (Å²) in [4.78, 5) is 12.6. The highest BCUT2D eigenvalue weighted by Crippen LogP contribution is 2.52. The fourth-order valence-electron chi connectivity index (χ4n) is 2.73. The lowest BCUT2D eigenvalue weighted by Crippen LogP contribution is -2.06. The molecule has 0 radical (unpaired) electrons. The van der Waals surface area contributed by atoms with Gasteiger partial charge in [-0.15, -0.1) is 11.3 Å². The minimum absolute atomic E-state index is 0.284. The van der Waals surface area contributed by atoms with E-state index in [1.807, 2.05) is 6.92 Å². The number of anilines is 2. The second-order valence-corrected chi connectivity index (χ2v) is 6.76. The Hall–Kier alpha value is -1.23. The van der Waals surface area contributed by atoms with E-state index in [4.69, 9.17) is 10.5 Å². The molecule has 2 saturated carbocycles. The van der Waals surface area contributed by atoms with Crippen LogP contribution in [0.1, 0.15) is 60.7 Å². The van der Waals surface area contributed by atoms with Crippen molar-refractivity contribution in [2.45, 2.75) is 51.5 Å². The standard InChI is InChI=1S/C15H22N2O2S/c1-3-8-7-10(8)17-14-11(9-5-6-9)12(16)13(20-14)15(18)19-4-2/h8-10,17H,3-7,16H2,1-2H3. The van der Waals surface area contributed by atoms with Gasteiger partial charge in [-0.3, -0.25) is 0 Å². The fourth-order valence-corrected chi connectivity index (χ4v) is 3.90. The highest BCUT2D eigenvalue weighted by molar-refractivity contribution is 7.18. The van der Waals surface area contributed by atoms with E-state index in [0.29, 0.717) is 29.1 Å². The van der Waals surface area contributed by atoms with Gasteiger partial charge in [-0.05, 0) is 38.0 Å². The van der Waals surface area contributed by atoms with Gasteiger partial charge in [0.15, 0.2) is 0 Å². The Labute approximate surface area is 123 Å². The largest absolute Gasteiger partial charge is 0.462 e. The van der Waals surface area contributed by atoms with Crippen molar-refractivity contribution in [1.82, 2.24) is 0 Å². The summed E-state index contributed by atoms with van der Waals surface area (Å²) >= 11 is 1.47. The van der Waals surface area contributed by atoms with E-state index < -0.39 is 0 Å². The minimum atomic E-state index is -0.284. The summed E-state index contributed by atoms with van der Waals surface area (Å²) in [5.41, 5.74) is 8.02. The average Bonchev–Trinajstić information content (AvgIpc) is 3.31. The van der Waals surface area contributed by atoms with Gasteiger partial charge in [0, 0.05) is 11.6 Å². The highest BCUT2D eigenvalue weighted by Gasteiger charge is 2.39. The summed E-state index contributed by atoms with van der Waals surface area (Å²) in [6.45, 7) is 4.43. The number of nitrogen functional groups attached to an aromatic ring is 1. The molecule has 1 aromatic heterocycles. The number of nitrogens with one attached hydrogen (secondary N) is 1. The molecular weight excluding hydrogens is 272 g/mol. The molecule has 0 spiro atoms. The number of ether oxygens (including phenoxy) is 1. The van der Waals surface area contributed by atoms with Gasteiger partial charge >= 0.3 is 5.97 Å². The van der Waals surface area contributed by atoms with Gasteiger partial charge in [-0.1, -0.05) is 13.3 Å². The Morgan fingerprint density at radius 3 is 2.75 bits per heavy atom. The van der Waals surface area contributed by atoms with Crippen LogP contribution in [-0.4, -0.2) is 18.6 Å². The third-order valence-corrected chi connectivity index (χ3v) is 5.33. The summed E-state index contributed by atoms with van der Waals surface area (Å²) in [7, 11) is 0. The number of esters is 1. The molecule has 2 unspecified atom stereocenters. The quantitative estimate of drug-likeness (QED) is 0.787. The van der Waals surface area contributed by atoms with Crippen molar-refractivity contribution < 1.29 is 9.53 Å². The van der Waals surface area contributed by atoms with Crippen LogP contribution in [0.4, 0.5) is 10.7 Å². The van der Waals surface area contributed by atoms with Crippen LogP contribution in [0.15, 0.2) is 0 Å². The molecule has 5 heteroatoms. The number of carbonyl (C=O) groups excluding carboxylic acids is 1. The molecule has 2 fully saturated rings. The second-order valence-electron chi connectivity index (χ2n) is 5.74. The summed E-state index contributed by atoms with van der Waals surface area (Å²) in [5, 5.41) is 4.70. The van der Waals surface area contributed by atoms with Crippen molar-refractivity contribution in [1.29, 1.82) is 0 Å². The van der Waals surface area contributed by atoms with Crippen LogP contribution in [0.25, 0.3) is 0 Å². The van der Waals surface area contributed by atoms with Crippen LogP contribution in [-0.2, 0) is 4.74 Å². The number of thiophene rings is 1. The molecule has 20 heavy (non-hydrogen) atoms. The number of carbonyl (C=O) groups is 1. The molecule has 0 aromatic carbocycles. The first kappa shape index (κ1) is 13.7. The fraction of sp³-hybridized carbons (Fsp3) is 0.667. The predicted molar refractivity (Wildman–Crippen MR) is 82.5 cm³/mol. The van der Waals surface area contributed by atoms with E-state index in [0.717, 1.165) is 10.9 Å². The van der Waals surface area contributed by atoms with Gasteiger partial charge in [0.1, 0.15) is 4.88 Å². The SMILES string of the molecule is CCOC(=O)c1sc(NC2CC2CC)c(C2CC2)c1N. The van der Waals surface area contributed by atoms with E-state index >= 15 is 0 Å². The lowest BCUT2D eigenvalue weighted by molar-refractivity contribution is 0.0533. The Morgan fingerprint density at radius 2 is 2.20 bits per heavy atom. The molecular formula is C15H22N2O2S. The highest BCUT2D eigenvalue weighted by atomic mass is 32.1. The maximum absolute atomic E-state index is 12.0. The first-order valence-electron chi connectivity index (χ1n) is 7.51. The number of nitrogens with two attached hydrogens (primary N) is 1. The van der Waals surface area contributed by atoms with Crippen LogP contribution in [0.2, 0.25) is 0 Å². The third kappa shape index (κ3) is 2.51. The Bertz CT molecular complexity index is 522. The maximum atomic E-state index is 12.0. The third-order valence-electron chi connectivity index (χ3n) is 4.19. The number of hydrogen-bond acceptors (Lipinski definition) is 5. The van der Waals surface area contributed by atoms with Crippen molar-refractivity contribution in [2.75, 3.05) is 17.7 Å². The van der Waals surface area contributed by atoms with Gasteiger partial charge in [0.2, 0.25) is 0 Å². The van der Waals surface area contributed by atoms with Gasteiger partial charge in [0.05, 0.1) is 17.3 Å². The molecule has 110 valence electrons. The van der Waals surface area contributed by atoms with Gasteiger partial charge in [-0.25, -0.2) is 4.79 Å². The monoisotopic (exact) mass is 294 g/mol. The number of hydrogen-bond donors (Lipinski definition) is 2. The average molecular weight is 294 g/mol. The molecule has 2 atom stereocenters. The summed E-state index contributed by atoms with van der Waals surface area (Å²) in [6, 6.07) is 0.561. The van der Waals surface area contributed by atoms with Crippen LogP contribution in [0.5, 0.6) is 0 Å². The lowest BCUT2D eigenvalue weighted by Gasteiger charge is -2.06. The zero-order chi connectivity index (χ0) is 14.3. The topological polar surface area (TPSA) is 64.3 Å². The normalized spacial score (nSPS) is 24.5. The molecule has 0 bridgehead atoms. The predicted octanol–water partition coefficient (Wildman–Crippen LogP) is 3.59. The van der Waals surface area contributed by atoms with E-state index in [1.165, 1.54) is 42.6 Å². The Balaban J connectivity index is 1.84. The maximum Gasteiger partial charge on any atom is 0.350 e. The molecule has 0 aliphatic heterocycles. The molecule has 3 N–H and O–H groups in total. The smallest absolute Gasteiger partial charge is 0.350 e. The van der Waals surface area contributed by atoms with Crippen LogP contribution >= 0.6 is 11.3 Å². The minimum Gasteiger partial charge on any atom is -0.462 e. The van der Waals surface area contributed by atoms with Crippen LogP contribution in [0, 0.1) is 5.92 Å². The zero-order valence-electron chi connectivity index (χ0n) is 12.1. The van der Waals surface area contributed by atoms with Gasteiger partial charge in [-0.2, -0.15) is 0 Å². The summed E-state index contributed by atoms with van der Waals surface area (Å²) < 4.78 is 5.10. The van der Waals surface area contributed by atoms with Crippen LogP contribution in [0.3, 0.4) is 0 Å². The second kappa shape index (κ2) is 5.28. The summed E-state index contributed by atoms with van der Waals surface area (Å²) in [6.07, 6.45) is 4.80. The molecule has 0 amide bonds. The van der Waals surface area contributed by atoms with Crippen molar-refractivity contribution >= 4 is 28.0 Å². The van der Waals surface area contributed by atoms with E-state index in [2.05, 4.69) is 12.2 Å². The van der Waals surface area contributed by atoms with Crippen molar-refractivity contribution in [2.24, 2.45) is 5.92 Å². The molecule has 2 aliphatic rings. The molecule has 1 aromatic rings. The Morgan fingerprint density at radius 1 is 1.45 bits per heavy atom. The van der Waals surface area contributed by atoms with Crippen molar-refractivity contribution in [3.05, 3.63) is 10.4 Å². The van der Waals surface area contributed by atoms with Crippen molar-refractivity contribution in [3.63, 3.8) is 0 Å². The summed E-state index contributed by atoms with van der Waals surface area (Å²) in [5.74, 6) is 1.03. The van der Waals surface area contributed by atoms with Crippen molar-refractivity contribution in [3.8, 4) is 0 Å². The molecule has 2 aliphatic carbocycles. The number of rotatable bonds is 6. The van der Waals surface area contributed by atoms with Gasteiger partial charge in [0.25, 0.3) is 0 Å². The Kier molecular flexibility index (Phi) is 3.63. The zero-order valence-corrected chi connectivity index (χ0v) is 12.9. The first-order valence-corrected chi connectivity index (χ1v) is 8.33. The van der Waals surface area contributed by atoms with Crippen LogP contribution < -0.4 is 11.1 Å². The first-order chi connectivity index (χ1) is 9.65. The molecule has 3 rings (SSSR count). The van der Waals surface area contributed by atoms with E-state index in [9.17, 15) is 4.79 Å².